The van der Waals surface area contributed by atoms with Gasteiger partial charge in [0.15, 0.2) is 0 Å². The molecule has 3 atom stereocenters. The monoisotopic (exact) mass is 402 g/mol. The second kappa shape index (κ2) is 7.59. The van der Waals surface area contributed by atoms with E-state index < -0.39 is 10.8 Å². The average Bonchev–Trinajstić information content (AvgIpc) is 2.65. The van der Waals surface area contributed by atoms with Crippen LogP contribution in [-0.4, -0.2) is 41.3 Å². The molecule has 0 spiro atoms. The molecule has 4 rings (SSSR count). The molecule has 0 aliphatic carbocycles. The van der Waals surface area contributed by atoms with Crippen molar-refractivity contribution >= 4 is 33.9 Å². The number of likely N-dealkylation sites (tertiary alicyclic amines) is 1. The predicted molar refractivity (Wildman–Crippen MR) is 113 cm³/mol. The number of quaternary nitrogens is 1. The Bertz CT molecular complexity index is 869. The average molecular weight is 403 g/mol. The van der Waals surface area contributed by atoms with Crippen LogP contribution in [0.4, 0.5) is 11.4 Å². The number of hydrogen-bond acceptors (Lipinski definition) is 4. The highest BCUT2D eigenvalue weighted by Gasteiger charge is 2.30. The lowest BCUT2D eigenvalue weighted by atomic mass is 9.99. The van der Waals surface area contributed by atoms with E-state index in [0.717, 1.165) is 49.4 Å². The highest BCUT2D eigenvalue weighted by atomic mass is 32.2. The molecule has 144 valence electrons. The van der Waals surface area contributed by atoms with Gasteiger partial charge in [-0.2, -0.15) is 0 Å². The Morgan fingerprint density at radius 3 is 2.74 bits per heavy atom. The smallest absolute Gasteiger partial charge is 0.0902 e. The second-order valence-corrected chi connectivity index (χ2v) is 10.1. The van der Waals surface area contributed by atoms with Crippen LogP contribution >= 0.6 is 11.8 Å². The van der Waals surface area contributed by atoms with Gasteiger partial charge in [-0.3, -0.25) is 4.21 Å². The van der Waals surface area contributed by atoms with Crippen molar-refractivity contribution in [2.75, 3.05) is 31.3 Å². The van der Waals surface area contributed by atoms with Gasteiger partial charge in [0.05, 0.1) is 31.0 Å². The van der Waals surface area contributed by atoms with E-state index >= 15 is 0 Å². The normalized spacial score (nSPS) is 25.6. The maximum Gasteiger partial charge on any atom is 0.0902 e. The summed E-state index contributed by atoms with van der Waals surface area (Å²) in [6.07, 6.45) is 5.79. The summed E-state index contributed by atoms with van der Waals surface area (Å²) in [4.78, 5) is 5.59. The lowest BCUT2D eigenvalue weighted by Crippen LogP contribution is -2.51. The van der Waals surface area contributed by atoms with Gasteiger partial charge in [0.1, 0.15) is 0 Å². The molecule has 2 aliphatic heterocycles. The summed E-state index contributed by atoms with van der Waals surface area (Å²) in [6.45, 7) is 1.54. The first-order valence-electron chi connectivity index (χ1n) is 9.54. The molecule has 2 aromatic rings. The fourth-order valence-corrected chi connectivity index (χ4v) is 5.80. The van der Waals surface area contributed by atoms with E-state index in [0.29, 0.717) is 0 Å². The molecule has 2 aliphatic rings. The van der Waals surface area contributed by atoms with Crippen LogP contribution in [0.25, 0.3) is 0 Å². The van der Waals surface area contributed by atoms with Crippen LogP contribution < -0.4 is 4.90 Å². The van der Waals surface area contributed by atoms with Crippen molar-refractivity contribution in [3.8, 4) is 0 Å². The number of benzene rings is 2. The summed E-state index contributed by atoms with van der Waals surface area (Å²) in [6, 6.07) is 14.7. The number of rotatable bonds is 4. The Morgan fingerprint density at radius 1 is 1.19 bits per heavy atom. The summed E-state index contributed by atoms with van der Waals surface area (Å²) in [5, 5.41) is 12.8. The minimum atomic E-state index is -1.01. The van der Waals surface area contributed by atoms with Gasteiger partial charge in [0, 0.05) is 44.7 Å². The van der Waals surface area contributed by atoms with Gasteiger partial charge in [-0.1, -0.05) is 23.9 Å². The van der Waals surface area contributed by atoms with Crippen molar-refractivity contribution < 1.29 is 8.86 Å². The third kappa shape index (κ3) is 3.81. The summed E-state index contributed by atoms with van der Waals surface area (Å²) < 4.78 is 11.9. The molecule has 3 unspecified atom stereocenters. The molecule has 1 fully saturated rings. The van der Waals surface area contributed by atoms with Crippen molar-refractivity contribution in [1.82, 2.24) is 0 Å². The first-order valence-corrected chi connectivity index (χ1v) is 11.9. The molecule has 2 aromatic carbocycles. The first kappa shape index (κ1) is 19.0. The summed E-state index contributed by atoms with van der Waals surface area (Å²) in [5.74, 6) is 0. The van der Waals surface area contributed by atoms with Crippen molar-refractivity contribution in [3.05, 3.63) is 47.7 Å². The molecule has 1 saturated heterocycles. The Hall–Kier alpha value is -1.34. The van der Waals surface area contributed by atoms with Gasteiger partial charge in [0.25, 0.3) is 0 Å². The minimum absolute atomic E-state index is 0.115. The Kier molecular flexibility index (Phi) is 5.34. The van der Waals surface area contributed by atoms with E-state index in [4.69, 9.17) is 0 Å². The Balaban J connectivity index is 1.66. The Morgan fingerprint density at radius 2 is 1.96 bits per heavy atom. The molecule has 0 N–H and O–H groups in total. The minimum Gasteiger partial charge on any atom is -0.633 e. The molecule has 2 heterocycles. The molecule has 0 saturated carbocycles. The molecule has 27 heavy (non-hydrogen) atoms. The number of nitrogens with zero attached hydrogens (tertiary/aromatic N) is 2. The van der Waals surface area contributed by atoms with Gasteiger partial charge in [-0.25, -0.2) is 0 Å². The van der Waals surface area contributed by atoms with Crippen molar-refractivity contribution in [2.45, 2.75) is 46.4 Å². The van der Waals surface area contributed by atoms with Crippen LogP contribution in [0.2, 0.25) is 0 Å². The van der Waals surface area contributed by atoms with Gasteiger partial charge in [-0.05, 0) is 49.6 Å². The van der Waals surface area contributed by atoms with Crippen LogP contribution in [0.1, 0.15) is 25.7 Å². The lowest BCUT2D eigenvalue weighted by Gasteiger charge is -2.49. The third-order valence-corrected chi connectivity index (χ3v) is 7.82. The number of hydrogen-bond donors (Lipinski definition) is 0. The van der Waals surface area contributed by atoms with E-state index in [9.17, 15) is 9.42 Å². The van der Waals surface area contributed by atoms with Crippen LogP contribution in [0.3, 0.4) is 0 Å². The molecular formula is C21H26N2O2S2. The Labute approximate surface area is 168 Å². The summed E-state index contributed by atoms with van der Waals surface area (Å²) in [5.41, 5.74) is 2.30. The van der Waals surface area contributed by atoms with E-state index in [2.05, 4.69) is 41.3 Å². The highest BCUT2D eigenvalue weighted by molar-refractivity contribution is 7.99. The van der Waals surface area contributed by atoms with Gasteiger partial charge < -0.3 is 14.8 Å². The maximum atomic E-state index is 12.8. The van der Waals surface area contributed by atoms with E-state index in [1.165, 1.54) is 15.5 Å². The first-order chi connectivity index (χ1) is 13.0. The third-order valence-electron chi connectivity index (χ3n) is 5.78. The zero-order valence-electron chi connectivity index (χ0n) is 15.9. The van der Waals surface area contributed by atoms with Crippen LogP contribution in [0.5, 0.6) is 0 Å². The molecule has 6 heteroatoms. The van der Waals surface area contributed by atoms with Crippen LogP contribution in [0, 0.1) is 5.21 Å². The number of piperidine rings is 1. The van der Waals surface area contributed by atoms with E-state index in [-0.39, 0.29) is 10.7 Å². The zero-order chi connectivity index (χ0) is 19.0. The van der Waals surface area contributed by atoms with Crippen molar-refractivity contribution in [2.24, 2.45) is 0 Å². The second-order valence-electron chi connectivity index (χ2n) is 7.64. The SMILES string of the molecule is CS(=O)c1ccc2c(c1)N(CCC1CCCC[N+]1(C)[O-])c1ccccc1S2. The van der Waals surface area contributed by atoms with Crippen molar-refractivity contribution in [3.63, 3.8) is 0 Å². The topological polar surface area (TPSA) is 43.4 Å². The molecule has 0 amide bonds. The van der Waals surface area contributed by atoms with Gasteiger partial charge in [-0.15, -0.1) is 0 Å². The highest BCUT2D eigenvalue weighted by Crippen LogP contribution is 2.48. The van der Waals surface area contributed by atoms with Crippen LogP contribution in [0.15, 0.2) is 57.2 Å². The maximum absolute atomic E-state index is 12.8. The zero-order valence-corrected chi connectivity index (χ0v) is 17.5. The van der Waals surface area contributed by atoms with Crippen molar-refractivity contribution in [1.29, 1.82) is 0 Å². The fraction of sp³-hybridized carbons (Fsp3) is 0.429. The summed E-state index contributed by atoms with van der Waals surface area (Å²) in [7, 11) is 0.820. The molecule has 0 aromatic heterocycles. The quantitative estimate of drug-likeness (QED) is 0.538. The molecule has 0 bridgehead atoms. The molecule has 0 radical (unpaired) electrons. The number of fused-ring (bicyclic) bond motifs is 2. The number of hydroxylamine groups is 3. The number of para-hydroxylation sites is 1. The van der Waals surface area contributed by atoms with Crippen LogP contribution in [-0.2, 0) is 10.8 Å². The summed E-state index contributed by atoms with van der Waals surface area (Å²) >= 11 is 1.76. The lowest BCUT2D eigenvalue weighted by molar-refractivity contribution is -0.892. The molecule has 4 nitrogen and oxygen atoms in total. The van der Waals surface area contributed by atoms with E-state index in [1.807, 2.05) is 13.1 Å². The standard InChI is InChI=1S/C21H26N2O2S2/c1-23(24)14-6-5-7-16(23)12-13-22-18-8-3-4-9-20(18)26-21-11-10-17(27(2)25)15-19(21)22/h3-4,8-11,15-16H,5-7,12-14H2,1-2H3. The van der Waals surface area contributed by atoms with Gasteiger partial charge in [0.2, 0.25) is 0 Å². The van der Waals surface area contributed by atoms with Gasteiger partial charge >= 0.3 is 0 Å². The largest absolute Gasteiger partial charge is 0.633 e. The number of anilines is 2. The predicted octanol–water partition coefficient (Wildman–Crippen LogP) is 4.91. The molecular weight excluding hydrogens is 376 g/mol. The fourth-order valence-electron chi connectivity index (χ4n) is 4.19. The van der Waals surface area contributed by atoms with E-state index in [1.54, 1.807) is 18.0 Å².